The van der Waals surface area contributed by atoms with Crippen LogP contribution in [-0.2, 0) is 11.8 Å². The minimum absolute atomic E-state index is 0.00456. The maximum atomic E-state index is 6.32. The van der Waals surface area contributed by atoms with Crippen LogP contribution in [0.4, 0.5) is 0 Å². The topological polar surface area (TPSA) is 12.9 Å². The number of pyridine rings is 1. The molecule has 0 radical (unpaired) electrons. The van der Waals surface area contributed by atoms with Crippen molar-refractivity contribution in [3.8, 4) is 0 Å². The molecule has 20 heavy (non-hydrogen) atoms. The average Bonchev–Trinajstić information content (AvgIpc) is 2.84. The van der Waals surface area contributed by atoms with E-state index in [1.165, 1.54) is 31.4 Å². The van der Waals surface area contributed by atoms with E-state index < -0.39 is 0 Å². The number of hydrogen-bond acceptors (Lipinski definition) is 1. The van der Waals surface area contributed by atoms with E-state index in [1.807, 2.05) is 6.07 Å². The van der Waals surface area contributed by atoms with Crippen LogP contribution >= 0.6 is 11.6 Å². The van der Waals surface area contributed by atoms with Crippen LogP contribution in [0.25, 0.3) is 0 Å². The summed E-state index contributed by atoms with van der Waals surface area (Å²) in [5, 5.41) is 0.792. The van der Waals surface area contributed by atoms with Crippen LogP contribution < -0.4 is 0 Å². The molecule has 0 unspecified atom stereocenters. The highest BCUT2D eigenvalue weighted by Gasteiger charge is 2.32. The third-order valence-electron chi connectivity index (χ3n) is 4.71. The lowest BCUT2D eigenvalue weighted by atomic mass is 9.74. The fourth-order valence-corrected chi connectivity index (χ4v) is 3.81. The minimum Gasteiger partial charge on any atom is -0.256 e. The molecule has 2 heteroatoms. The first kappa shape index (κ1) is 15.8. The number of nitrogens with zero attached hydrogens (tertiary/aromatic N) is 1. The van der Waals surface area contributed by atoms with E-state index in [-0.39, 0.29) is 5.41 Å². The monoisotopic (exact) mass is 293 g/mol. The normalized spacial score (nSPS) is 17.7. The van der Waals surface area contributed by atoms with Gasteiger partial charge in [-0.15, -0.1) is 0 Å². The van der Waals surface area contributed by atoms with Gasteiger partial charge in [0, 0.05) is 11.1 Å². The van der Waals surface area contributed by atoms with Crippen molar-refractivity contribution >= 4 is 11.6 Å². The summed E-state index contributed by atoms with van der Waals surface area (Å²) < 4.78 is 0. The van der Waals surface area contributed by atoms with Gasteiger partial charge in [0.15, 0.2) is 0 Å². The number of hydrogen-bond donors (Lipinski definition) is 0. The maximum Gasteiger partial charge on any atom is 0.0646 e. The highest BCUT2D eigenvalue weighted by molar-refractivity contribution is 6.31. The number of aromatic nitrogens is 1. The van der Waals surface area contributed by atoms with Gasteiger partial charge in [0.05, 0.1) is 10.7 Å². The molecule has 0 bridgehead atoms. The molecule has 1 aromatic rings. The Bertz CT molecular complexity index is 465. The molecule has 0 aliphatic heterocycles. The van der Waals surface area contributed by atoms with Gasteiger partial charge >= 0.3 is 0 Å². The molecular weight excluding hydrogens is 266 g/mol. The summed E-state index contributed by atoms with van der Waals surface area (Å²) in [7, 11) is 0. The van der Waals surface area contributed by atoms with Crippen molar-refractivity contribution in [3.05, 3.63) is 28.5 Å². The quantitative estimate of drug-likeness (QED) is 0.687. The van der Waals surface area contributed by atoms with Crippen LogP contribution in [-0.4, -0.2) is 4.98 Å². The summed E-state index contributed by atoms with van der Waals surface area (Å²) in [6, 6.07) is 4.13. The first-order chi connectivity index (χ1) is 9.20. The Morgan fingerprint density at radius 1 is 1.10 bits per heavy atom. The van der Waals surface area contributed by atoms with Crippen LogP contribution in [0.2, 0.25) is 5.02 Å². The number of halogens is 1. The zero-order chi connectivity index (χ0) is 15.0. The van der Waals surface area contributed by atoms with E-state index in [0.717, 1.165) is 23.1 Å². The Labute approximate surface area is 129 Å². The van der Waals surface area contributed by atoms with Gasteiger partial charge in [-0.05, 0) is 42.7 Å². The second-order valence-corrected chi connectivity index (χ2v) is 8.44. The SMILES string of the molecule is CC(C)(C)c1nc(CC(C)(C)C2CCCC2)ccc1Cl. The second-order valence-electron chi connectivity index (χ2n) is 8.03. The lowest BCUT2D eigenvalue weighted by Gasteiger charge is -2.32. The Morgan fingerprint density at radius 3 is 2.25 bits per heavy atom. The van der Waals surface area contributed by atoms with E-state index in [4.69, 9.17) is 16.6 Å². The van der Waals surface area contributed by atoms with Crippen LogP contribution in [0.3, 0.4) is 0 Å². The summed E-state index contributed by atoms with van der Waals surface area (Å²) in [6.45, 7) is 11.3. The van der Waals surface area contributed by atoms with Crippen LogP contribution in [0.1, 0.15) is 71.7 Å². The zero-order valence-corrected chi connectivity index (χ0v) is 14.3. The minimum atomic E-state index is 0.00456. The average molecular weight is 294 g/mol. The molecule has 1 heterocycles. The van der Waals surface area contributed by atoms with Gasteiger partial charge in [-0.1, -0.05) is 59.1 Å². The van der Waals surface area contributed by atoms with Gasteiger partial charge in [-0.25, -0.2) is 0 Å². The van der Waals surface area contributed by atoms with Crippen molar-refractivity contribution in [1.82, 2.24) is 4.98 Å². The van der Waals surface area contributed by atoms with E-state index in [1.54, 1.807) is 0 Å². The van der Waals surface area contributed by atoms with Crippen molar-refractivity contribution < 1.29 is 0 Å². The van der Waals surface area contributed by atoms with Gasteiger partial charge in [0.1, 0.15) is 0 Å². The molecule has 1 aromatic heterocycles. The maximum absolute atomic E-state index is 6.32. The predicted molar refractivity (Wildman–Crippen MR) is 87.4 cm³/mol. The summed E-state index contributed by atoms with van der Waals surface area (Å²) in [6.07, 6.45) is 6.61. The van der Waals surface area contributed by atoms with Gasteiger partial charge in [0.2, 0.25) is 0 Å². The Kier molecular flexibility index (Phi) is 4.49. The van der Waals surface area contributed by atoms with Crippen LogP contribution in [0.5, 0.6) is 0 Å². The van der Waals surface area contributed by atoms with Crippen molar-refractivity contribution in [1.29, 1.82) is 0 Å². The molecule has 0 saturated heterocycles. The molecule has 1 fully saturated rings. The first-order valence-corrected chi connectivity index (χ1v) is 8.24. The Balaban J connectivity index is 2.21. The van der Waals surface area contributed by atoms with Crippen LogP contribution in [0.15, 0.2) is 12.1 Å². The summed E-state index contributed by atoms with van der Waals surface area (Å²) >= 11 is 6.32. The third-order valence-corrected chi connectivity index (χ3v) is 5.02. The highest BCUT2D eigenvalue weighted by Crippen LogP contribution is 2.41. The van der Waals surface area contributed by atoms with Gasteiger partial charge in [0.25, 0.3) is 0 Å². The molecular formula is C18H28ClN. The molecule has 1 aliphatic carbocycles. The molecule has 0 N–H and O–H groups in total. The largest absolute Gasteiger partial charge is 0.256 e. The third kappa shape index (κ3) is 3.55. The molecule has 112 valence electrons. The van der Waals surface area contributed by atoms with E-state index in [0.29, 0.717) is 5.41 Å². The molecule has 1 nitrogen and oxygen atoms in total. The van der Waals surface area contributed by atoms with E-state index in [2.05, 4.69) is 40.7 Å². The highest BCUT2D eigenvalue weighted by atomic mass is 35.5. The molecule has 0 atom stereocenters. The molecule has 2 rings (SSSR count). The van der Waals surface area contributed by atoms with Gasteiger partial charge < -0.3 is 0 Å². The van der Waals surface area contributed by atoms with Gasteiger partial charge in [-0.3, -0.25) is 4.98 Å². The second kappa shape index (κ2) is 5.67. The summed E-state index contributed by atoms with van der Waals surface area (Å²) in [5.41, 5.74) is 2.56. The molecule has 1 saturated carbocycles. The van der Waals surface area contributed by atoms with Crippen molar-refractivity contribution in [2.75, 3.05) is 0 Å². The molecule has 0 spiro atoms. The lowest BCUT2D eigenvalue weighted by molar-refractivity contribution is 0.213. The van der Waals surface area contributed by atoms with Crippen molar-refractivity contribution in [2.45, 2.75) is 72.1 Å². The fourth-order valence-electron chi connectivity index (χ4n) is 3.43. The Hall–Kier alpha value is -0.560. The summed E-state index contributed by atoms with van der Waals surface area (Å²) in [5.74, 6) is 0.845. The van der Waals surface area contributed by atoms with E-state index >= 15 is 0 Å². The van der Waals surface area contributed by atoms with Crippen molar-refractivity contribution in [3.63, 3.8) is 0 Å². The Morgan fingerprint density at radius 2 is 1.70 bits per heavy atom. The standard InChI is InChI=1S/C18H28ClN/c1-17(2,3)16-15(19)11-10-14(20-16)12-18(4,5)13-8-6-7-9-13/h10-11,13H,6-9,12H2,1-5H3. The van der Waals surface area contributed by atoms with Gasteiger partial charge in [-0.2, -0.15) is 0 Å². The van der Waals surface area contributed by atoms with E-state index in [9.17, 15) is 0 Å². The molecule has 1 aliphatic rings. The predicted octanol–water partition coefficient (Wildman–Crippen LogP) is 5.79. The van der Waals surface area contributed by atoms with Crippen LogP contribution in [0, 0.1) is 11.3 Å². The zero-order valence-electron chi connectivity index (χ0n) is 13.6. The number of rotatable bonds is 3. The summed E-state index contributed by atoms with van der Waals surface area (Å²) in [4.78, 5) is 4.87. The molecule has 0 aromatic carbocycles. The first-order valence-electron chi connectivity index (χ1n) is 7.86. The smallest absolute Gasteiger partial charge is 0.0646 e. The lowest BCUT2D eigenvalue weighted by Crippen LogP contribution is -2.25. The van der Waals surface area contributed by atoms with Crippen molar-refractivity contribution in [2.24, 2.45) is 11.3 Å². The fraction of sp³-hybridized carbons (Fsp3) is 0.722. The molecule has 0 amide bonds.